The highest BCUT2D eigenvalue weighted by Gasteiger charge is 2.64. The molecule has 3 N–H and O–H groups in total. The van der Waals surface area contributed by atoms with Crippen LogP contribution >= 0.6 is 0 Å². The number of hydrogen-bond donors (Lipinski definition) is 3. The third kappa shape index (κ3) is 1.90. The average molecular weight is 332 g/mol. The Labute approximate surface area is 143 Å². The second-order valence-corrected chi connectivity index (χ2v) is 8.79. The topological polar surface area (TPSA) is 77.8 Å². The van der Waals surface area contributed by atoms with Gasteiger partial charge in [-0.1, -0.05) is 39.8 Å². The van der Waals surface area contributed by atoms with Gasteiger partial charge in [-0.3, -0.25) is 4.79 Å². The molecule has 0 aromatic heterocycles. The molecule has 4 atom stereocenters. The highest BCUT2D eigenvalue weighted by Crippen LogP contribution is 2.63. The molecule has 0 unspecified atom stereocenters. The molecular weight excluding hydrogens is 304 g/mol. The van der Waals surface area contributed by atoms with Crippen molar-refractivity contribution in [3.63, 3.8) is 0 Å². The van der Waals surface area contributed by atoms with E-state index in [0.717, 1.165) is 0 Å². The highest BCUT2D eigenvalue weighted by molar-refractivity contribution is 6.10. The Morgan fingerprint density at radius 2 is 1.83 bits per heavy atom. The minimum atomic E-state index is -1.31. The van der Waals surface area contributed by atoms with Gasteiger partial charge in [0.15, 0.2) is 5.76 Å². The second-order valence-electron chi connectivity index (χ2n) is 8.79. The SMILES string of the molecule is C=C[C@]1(C)C=C2C(=O)C(O)=C3C(C)(C)[C@@H](O)CC[C@]3(C)[C@@]2(O)CC1. The van der Waals surface area contributed by atoms with Gasteiger partial charge < -0.3 is 15.3 Å². The summed E-state index contributed by atoms with van der Waals surface area (Å²) in [5, 5.41) is 32.8. The van der Waals surface area contributed by atoms with Gasteiger partial charge >= 0.3 is 0 Å². The Balaban J connectivity index is 2.31. The molecule has 0 saturated heterocycles. The summed E-state index contributed by atoms with van der Waals surface area (Å²) in [6.07, 6.45) is 5.11. The fourth-order valence-corrected chi connectivity index (χ4v) is 5.10. The van der Waals surface area contributed by atoms with E-state index in [1.807, 2.05) is 27.7 Å². The predicted molar refractivity (Wildman–Crippen MR) is 92.4 cm³/mol. The number of aliphatic hydroxyl groups is 3. The van der Waals surface area contributed by atoms with Crippen molar-refractivity contribution in [1.82, 2.24) is 0 Å². The maximum Gasteiger partial charge on any atom is 0.225 e. The summed E-state index contributed by atoms with van der Waals surface area (Å²) < 4.78 is 0. The number of rotatable bonds is 1. The fourth-order valence-electron chi connectivity index (χ4n) is 5.10. The molecule has 132 valence electrons. The van der Waals surface area contributed by atoms with Crippen LogP contribution in [0.4, 0.5) is 0 Å². The summed E-state index contributed by atoms with van der Waals surface area (Å²) in [6, 6.07) is 0. The van der Waals surface area contributed by atoms with Crippen molar-refractivity contribution in [2.24, 2.45) is 16.2 Å². The normalized spacial score (nSPS) is 44.5. The molecular formula is C20H28O4. The zero-order valence-corrected chi connectivity index (χ0v) is 15.0. The first-order chi connectivity index (χ1) is 10.9. The maximum atomic E-state index is 12.9. The molecule has 1 fully saturated rings. The molecule has 3 aliphatic carbocycles. The van der Waals surface area contributed by atoms with E-state index < -0.39 is 28.3 Å². The Hall–Kier alpha value is -1.39. The van der Waals surface area contributed by atoms with Crippen LogP contribution in [0.2, 0.25) is 0 Å². The smallest absolute Gasteiger partial charge is 0.225 e. The molecule has 24 heavy (non-hydrogen) atoms. The van der Waals surface area contributed by atoms with Crippen LogP contribution in [-0.4, -0.2) is 32.8 Å². The van der Waals surface area contributed by atoms with Gasteiger partial charge in [0.05, 0.1) is 6.10 Å². The summed E-state index contributed by atoms with van der Waals surface area (Å²) in [5.41, 5.74) is -2.41. The van der Waals surface area contributed by atoms with E-state index in [9.17, 15) is 20.1 Å². The predicted octanol–water partition coefficient (Wildman–Crippen LogP) is 3.21. The lowest BCUT2D eigenvalue weighted by Gasteiger charge is -2.59. The molecule has 0 bridgehead atoms. The molecule has 4 heteroatoms. The Morgan fingerprint density at radius 1 is 1.21 bits per heavy atom. The van der Waals surface area contributed by atoms with Crippen molar-refractivity contribution in [3.8, 4) is 0 Å². The van der Waals surface area contributed by atoms with E-state index in [-0.39, 0.29) is 16.7 Å². The molecule has 3 rings (SSSR count). The number of carbonyl (C=O) groups is 1. The van der Waals surface area contributed by atoms with Crippen LogP contribution < -0.4 is 0 Å². The van der Waals surface area contributed by atoms with Gasteiger partial charge in [-0.25, -0.2) is 0 Å². The summed E-state index contributed by atoms with van der Waals surface area (Å²) in [6.45, 7) is 11.4. The maximum absolute atomic E-state index is 12.9. The fraction of sp³-hybridized carbons (Fsp3) is 0.650. The van der Waals surface area contributed by atoms with E-state index in [2.05, 4.69) is 6.58 Å². The van der Waals surface area contributed by atoms with Gasteiger partial charge in [-0.15, -0.1) is 6.58 Å². The first-order valence-corrected chi connectivity index (χ1v) is 8.69. The Kier molecular flexibility index (Phi) is 3.51. The van der Waals surface area contributed by atoms with Gasteiger partial charge in [0.2, 0.25) is 5.78 Å². The third-order valence-corrected chi connectivity index (χ3v) is 6.97. The van der Waals surface area contributed by atoms with E-state index in [1.54, 1.807) is 12.2 Å². The van der Waals surface area contributed by atoms with Crippen LogP contribution in [0.25, 0.3) is 0 Å². The molecule has 0 amide bonds. The van der Waals surface area contributed by atoms with Gasteiger partial charge in [-0.2, -0.15) is 0 Å². The molecule has 0 spiro atoms. The molecule has 0 radical (unpaired) electrons. The number of Topliss-reactive ketones (excluding diaryl/α,β-unsaturated/α-hetero) is 1. The Bertz CT molecular complexity index is 686. The minimum Gasteiger partial charge on any atom is -0.504 e. The number of hydrogen-bond acceptors (Lipinski definition) is 4. The average Bonchev–Trinajstić information content (AvgIpc) is 2.52. The van der Waals surface area contributed by atoms with Crippen molar-refractivity contribution in [3.05, 3.63) is 35.6 Å². The van der Waals surface area contributed by atoms with Crippen molar-refractivity contribution in [1.29, 1.82) is 0 Å². The van der Waals surface area contributed by atoms with E-state index >= 15 is 0 Å². The third-order valence-electron chi connectivity index (χ3n) is 6.97. The lowest BCUT2D eigenvalue weighted by atomic mass is 9.46. The van der Waals surface area contributed by atoms with E-state index in [4.69, 9.17) is 0 Å². The standard InChI is InChI=1S/C20H28O4/c1-6-18(4)9-10-20(24)12(11-18)14(22)15(23)16-17(2,3)13(21)7-8-19(16,20)5/h6,11,13,21,23-24H,1,7-10H2,2-5H3/t13-,18-,19-,20+/m0/s1. The van der Waals surface area contributed by atoms with Crippen LogP contribution in [0.3, 0.4) is 0 Å². The molecule has 0 heterocycles. The molecule has 0 aliphatic heterocycles. The summed E-state index contributed by atoms with van der Waals surface area (Å²) in [5.74, 6) is -0.814. The van der Waals surface area contributed by atoms with Crippen molar-refractivity contribution >= 4 is 5.78 Å². The molecule has 3 aliphatic rings. The van der Waals surface area contributed by atoms with E-state index in [0.29, 0.717) is 31.3 Å². The van der Waals surface area contributed by atoms with Crippen LogP contribution in [-0.2, 0) is 4.79 Å². The zero-order valence-electron chi connectivity index (χ0n) is 15.0. The quantitative estimate of drug-likeness (QED) is 0.644. The van der Waals surface area contributed by atoms with Crippen LogP contribution in [0.15, 0.2) is 35.6 Å². The molecule has 0 aromatic carbocycles. The number of carbonyl (C=O) groups excluding carboxylic acids is 1. The van der Waals surface area contributed by atoms with Gasteiger partial charge in [0.25, 0.3) is 0 Å². The largest absolute Gasteiger partial charge is 0.504 e. The van der Waals surface area contributed by atoms with Gasteiger partial charge in [0.1, 0.15) is 5.60 Å². The molecule has 0 aromatic rings. The van der Waals surface area contributed by atoms with Gasteiger partial charge in [-0.05, 0) is 31.3 Å². The second kappa shape index (κ2) is 4.83. The number of ketones is 1. The summed E-state index contributed by atoms with van der Waals surface area (Å²) in [4.78, 5) is 12.9. The van der Waals surface area contributed by atoms with Crippen LogP contribution in [0.1, 0.15) is 53.4 Å². The van der Waals surface area contributed by atoms with E-state index in [1.165, 1.54) is 0 Å². The van der Waals surface area contributed by atoms with Crippen LogP contribution in [0, 0.1) is 16.2 Å². The summed E-state index contributed by atoms with van der Waals surface area (Å²) >= 11 is 0. The first kappa shape index (κ1) is 17.4. The van der Waals surface area contributed by atoms with Crippen LogP contribution in [0.5, 0.6) is 0 Å². The minimum absolute atomic E-state index is 0.284. The van der Waals surface area contributed by atoms with Crippen molar-refractivity contribution < 1.29 is 20.1 Å². The van der Waals surface area contributed by atoms with Gasteiger partial charge in [0, 0.05) is 21.8 Å². The number of aliphatic hydroxyl groups excluding tert-OH is 2. The molecule has 4 nitrogen and oxygen atoms in total. The lowest BCUT2D eigenvalue weighted by Crippen LogP contribution is -2.62. The number of fused-ring (bicyclic) bond motifs is 3. The first-order valence-electron chi connectivity index (χ1n) is 8.69. The zero-order chi connectivity index (χ0) is 18.1. The lowest BCUT2D eigenvalue weighted by molar-refractivity contribution is -0.133. The number of allylic oxidation sites excluding steroid dienone is 3. The Morgan fingerprint density at radius 3 is 2.42 bits per heavy atom. The van der Waals surface area contributed by atoms with Crippen molar-refractivity contribution in [2.45, 2.75) is 65.1 Å². The van der Waals surface area contributed by atoms with Crippen molar-refractivity contribution in [2.75, 3.05) is 0 Å². The summed E-state index contributed by atoms with van der Waals surface area (Å²) in [7, 11) is 0. The monoisotopic (exact) mass is 332 g/mol. The molecule has 1 saturated carbocycles. The highest BCUT2D eigenvalue weighted by atomic mass is 16.3.